The van der Waals surface area contributed by atoms with Crippen LogP contribution in [0.2, 0.25) is 5.02 Å². The number of anilines is 2. The van der Waals surface area contributed by atoms with Crippen LogP contribution < -0.4 is 16.0 Å². The van der Waals surface area contributed by atoms with Gasteiger partial charge in [0.05, 0.1) is 12.1 Å². The molecule has 0 spiro atoms. The van der Waals surface area contributed by atoms with Crippen LogP contribution in [0.25, 0.3) is 5.82 Å². The fraction of sp³-hybridized carbons (Fsp3) is 0.167. The van der Waals surface area contributed by atoms with Crippen molar-refractivity contribution in [2.75, 3.05) is 17.2 Å². The molecule has 4 rings (SSSR count). The normalized spacial score (nSPS) is 11.2. The molecule has 0 fully saturated rings. The Hall–Kier alpha value is -4.12. The number of hydrogen-bond acceptors (Lipinski definition) is 6. The van der Waals surface area contributed by atoms with Crippen LogP contribution in [0.4, 0.5) is 24.9 Å². The summed E-state index contributed by atoms with van der Waals surface area (Å²) >= 11 is 5.87. The van der Waals surface area contributed by atoms with E-state index in [0.717, 1.165) is 17.7 Å². The van der Waals surface area contributed by atoms with Gasteiger partial charge in [0.1, 0.15) is 18.0 Å². The van der Waals surface area contributed by atoms with E-state index < -0.39 is 11.7 Å². The van der Waals surface area contributed by atoms with Gasteiger partial charge in [0, 0.05) is 36.6 Å². The number of benzene rings is 2. The molecule has 0 saturated carbocycles. The van der Waals surface area contributed by atoms with E-state index in [0.29, 0.717) is 28.8 Å². The van der Waals surface area contributed by atoms with Crippen molar-refractivity contribution in [3.8, 4) is 5.82 Å². The average Bonchev–Trinajstić information content (AvgIpc) is 3.41. The van der Waals surface area contributed by atoms with Gasteiger partial charge in [-0.25, -0.2) is 4.98 Å². The first-order chi connectivity index (χ1) is 17.3. The number of halogens is 4. The number of alkyl halides is 3. The quantitative estimate of drug-likeness (QED) is 0.300. The zero-order valence-electron chi connectivity index (χ0n) is 18.8. The fourth-order valence-electron chi connectivity index (χ4n) is 3.21. The monoisotopic (exact) mass is 515 g/mol. The summed E-state index contributed by atoms with van der Waals surface area (Å²) in [6, 6.07) is 13.8. The van der Waals surface area contributed by atoms with Crippen LogP contribution in [0.5, 0.6) is 0 Å². The average molecular weight is 516 g/mol. The summed E-state index contributed by atoms with van der Waals surface area (Å²) in [6.45, 7) is 0.352. The summed E-state index contributed by atoms with van der Waals surface area (Å²) in [5, 5.41) is 9.31. The Balaban J connectivity index is 1.43. The number of aromatic nitrogens is 4. The van der Waals surface area contributed by atoms with Crippen LogP contribution in [-0.2, 0) is 24.1 Å². The first kappa shape index (κ1) is 25.0. The molecular formula is C24H21ClF3N7O. The zero-order valence-corrected chi connectivity index (χ0v) is 19.5. The second-order valence-electron chi connectivity index (χ2n) is 7.71. The van der Waals surface area contributed by atoms with Crippen molar-refractivity contribution in [1.82, 2.24) is 24.8 Å². The molecule has 2 aromatic heterocycles. The number of nitrogens with zero attached hydrogens (tertiary/aromatic N) is 4. The molecule has 8 nitrogen and oxygen atoms in total. The third kappa shape index (κ3) is 6.95. The third-order valence-electron chi connectivity index (χ3n) is 5.02. The lowest BCUT2D eigenvalue weighted by Crippen LogP contribution is -2.29. The van der Waals surface area contributed by atoms with Crippen molar-refractivity contribution >= 4 is 29.3 Å². The molecule has 12 heteroatoms. The number of amides is 1. The Kier molecular flexibility index (Phi) is 7.69. The number of rotatable bonds is 9. The van der Waals surface area contributed by atoms with E-state index in [9.17, 15) is 18.0 Å². The van der Waals surface area contributed by atoms with Crippen LogP contribution in [0.1, 0.15) is 16.7 Å². The van der Waals surface area contributed by atoms with Gasteiger partial charge in [-0.2, -0.15) is 23.1 Å². The van der Waals surface area contributed by atoms with Crippen molar-refractivity contribution < 1.29 is 18.0 Å². The molecule has 2 heterocycles. The molecule has 36 heavy (non-hydrogen) atoms. The maximum atomic E-state index is 13.0. The minimum absolute atomic E-state index is 0.0545. The Morgan fingerprint density at radius 1 is 0.972 bits per heavy atom. The van der Waals surface area contributed by atoms with Crippen LogP contribution in [-0.4, -0.2) is 32.0 Å². The topological polar surface area (TPSA) is 96.8 Å². The molecule has 0 radical (unpaired) electrons. The number of imidazole rings is 1. The van der Waals surface area contributed by atoms with Crippen LogP contribution >= 0.6 is 11.6 Å². The molecule has 0 aliphatic rings. The molecule has 4 aromatic rings. The second kappa shape index (κ2) is 11.1. The predicted octanol–water partition coefficient (Wildman–Crippen LogP) is 4.67. The van der Waals surface area contributed by atoms with Crippen LogP contribution in [0.15, 0.2) is 73.3 Å². The highest BCUT2D eigenvalue weighted by Gasteiger charge is 2.30. The lowest BCUT2D eigenvalue weighted by Gasteiger charge is -2.13. The minimum Gasteiger partial charge on any atom is -0.361 e. The van der Waals surface area contributed by atoms with Gasteiger partial charge < -0.3 is 16.0 Å². The van der Waals surface area contributed by atoms with Gasteiger partial charge in [-0.15, -0.1) is 0 Å². The first-order valence-electron chi connectivity index (χ1n) is 10.8. The lowest BCUT2D eigenvalue weighted by atomic mass is 10.1. The number of hydrogen-bond donors (Lipinski definition) is 3. The van der Waals surface area contributed by atoms with E-state index in [-0.39, 0.29) is 24.9 Å². The Bertz CT molecular complexity index is 1310. The summed E-state index contributed by atoms with van der Waals surface area (Å²) in [7, 11) is 0. The predicted molar refractivity (Wildman–Crippen MR) is 130 cm³/mol. The van der Waals surface area contributed by atoms with E-state index in [1.807, 2.05) is 12.1 Å². The molecular weight excluding hydrogens is 495 g/mol. The largest absolute Gasteiger partial charge is 0.416 e. The van der Waals surface area contributed by atoms with Crippen LogP contribution in [0, 0.1) is 0 Å². The zero-order chi connectivity index (χ0) is 25.5. The van der Waals surface area contributed by atoms with Gasteiger partial charge in [-0.1, -0.05) is 35.9 Å². The molecule has 0 aliphatic carbocycles. The maximum absolute atomic E-state index is 13.0. The standard InChI is InChI=1S/C24H21ClF3N7O/c25-19-6-4-16(5-7-19)12-31-22(36)14-30-20-11-21(35-9-8-29-15-35)34-23(33-20)32-13-17-2-1-3-18(10-17)24(26,27)28/h1-11,15H,12-14H2,(H,31,36)(H2,30,32,33,34). The summed E-state index contributed by atoms with van der Waals surface area (Å²) in [5.74, 6) is 0.717. The Morgan fingerprint density at radius 2 is 1.78 bits per heavy atom. The smallest absolute Gasteiger partial charge is 0.361 e. The first-order valence-corrected chi connectivity index (χ1v) is 11.2. The summed E-state index contributed by atoms with van der Waals surface area (Å²) in [6.07, 6.45) is 0.372. The molecule has 0 unspecified atom stereocenters. The number of nitrogens with one attached hydrogen (secondary N) is 3. The number of carbonyl (C=O) groups is 1. The van der Waals surface area contributed by atoms with Gasteiger partial charge in [-0.05, 0) is 35.4 Å². The molecule has 0 atom stereocenters. The highest BCUT2D eigenvalue weighted by atomic mass is 35.5. The van der Waals surface area contributed by atoms with Crippen molar-refractivity contribution in [1.29, 1.82) is 0 Å². The fourth-order valence-corrected chi connectivity index (χ4v) is 3.33. The SMILES string of the molecule is O=C(CNc1cc(-n2ccnc2)nc(NCc2cccc(C(F)(F)F)c2)n1)NCc1ccc(Cl)cc1. The maximum Gasteiger partial charge on any atom is 0.416 e. The molecule has 3 N–H and O–H groups in total. The van der Waals surface area contributed by atoms with E-state index >= 15 is 0 Å². The Labute approximate surface area is 209 Å². The van der Waals surface area contributed by atoms with Crippen molar-refractivity contribution in [3.05, 3.63) is 95.0 Å². The molecule has 186 valence electrons. The van der Waals surface area contributed by atoms with Crippen molar-refractivity contribution in [2.45, 2.75) is 19.3 Å². The van der Waals surface area contributed by atoms with Gasteiger partial charge >= 0.3 is 6.18 Å². The highest BCUT2D eigenvalue weighted by Crippen LogP contribution is 2.29. The highest BCUT2D eigenvalue weighted by molar-refractivity contribution is 6.30. The van der Waals surface area contributed by atoms with Crippen LogP contribution in [0.3, 0.4) is 0 Å². The van der Waals surface area contributed by atoms with Gasteiger partial charge in [0.25, 0.3) is 0 Å². The molecule has 1 amide bonds. The minimum atomic E-state index is -4.43. The Morgan fingerprint density at radius 3 is 2.50 bits per heavy atom. The van der Waals surface area contributed by atoms with Gasteiger partial charge in [0.2, 0.25) is 11.9 Å². The van der Waals surface area contributed by atoms with E-state index in [1.165, 1.54) is 6.07 Å². The van der Waals surface area contributed by atoms with Gasteiger partial charge in [0.15, 0.2) is 0 Å². The summed E-state index contributed by atoms with van der Waals surface area (Å²) < 4.78 is 40.7. The molecule has 2 aromatic carbocycles. The third-order valence-corrected chi connectivity index (χ3v) is 5.27. The summed E-state index contributed by atoms with van der Waals surface area (Å²) in [4.78, 5) is 25.1. The van der Waals surface area contributed by atoms with Crippen molar-refractivity contribution in [2.24, 2.45) is 0 Å². The molecule has 0 saturated heterocycles. The lowest BCUT2D eigenvalue weighted by molar-refractivity contribution is -0.137. The molecule has 0 bridgehead atoms. The van der Waals surface area contributed by atoms with Gasteiger partial charge in [-0.3, -0.25) is 9.36 Å². The van der Waals surface area contributed by atoms with E-state index in [1.54, 1.807) is 47.6 Å². The molecule has 0 aliphatic heterocycles. The number of carbonyl (C=O) groups excluding carboxylic acids is 1. The second-order valence-corrected chi connectivity index (χ2v) is 8.15. The summed E-state index contributed by atoms with van der Waals surface area (Å²) in [5.41, 5.74) is 0.581. The van der Waals surface area contributed by atoms with Crippen molar-refractivity contribution in [3.63, 3.8) is 0 Å². The van der Waals surface area contributed by atoms with E-state index in [4.69, 9.17) is 11.6 Å². The van der Waals surface area contributed by atoms with E-state index in [2.05, 4.69) is 30.9 Å².